The lowest BCUT2D eigenvalue weighted by molar-refractivity contribution is 0.404. The van der Waals surface area contributed by atoms with E-state index in [-0.39, 0.29) is 11.9 Å². The summed E-state index contributed by atoms with van der Waals surface area (Å²) in [5, 5.41) is 3.84. The molecule has 2 rings (SSSR count). The fourth-order valence-electron chi connectivity index (χ4n) is 2.15. The molecule has 2 aromatic carbocycles. The number of rotatable bonds is 4. The molecule has 20 heavy (non-hydrogen) atoms. The lowest BCUT2D eigenvalue weighted by Crippen LogP contribution is -2.19. The van der Waals surface area contributed by atoms with Crippen molar-refractivity contribution < 1.29 is 9.13 Å². The van der Waals surface area contributed by atoms with Crippen LogP contribution in [0.25, 0.3) is 0 Å². The van der Waals surface area contributed by atoms with Gasteiger partial charge in [0.15, 0.2) is 0 Å². The zero-order chi connectivity index (χ0) is 14.7. The van der Waals surface area contributed by atoms with Crippen LogP contribution in [-0.4, -0.2) is 14.2 Å². The van der Waals surface area contributed by atoms with Crippen molar-refractivity contribution in [2.24, 2.45) is 0 Å². The quantitative estimate of drug-likeness (QED) is 0.761. The molecule has 5 heteroatoms. The summed E-state index contributed by atoms with van der Waals surface area (Å²) in [4.78, 5) is 0. The average molecular weight is 406 g/mol. The van der Waals surface area contributed by atoms with Gasteiger partial charge in [-0.1, -0.05) is 11.6 Å². The van der Waals surface area contributed by atoms with Crippen molar-refractivity contribution in [1.82, 2.24) is 5.32 Å². The Kier molecular flexibility index (Phi) is 5.23. The van der Waals surface area contributed by atoms with Gasteiger partial charge in [-0.25, -0.2) is 4.39 Å². The first-order valence-electron chi connectivity index (χ1n) is 6.02. The number of halogens is 3. The predicted molar refractivity (Wildman–Crippen MR) is 88.0 cm³/mol. The van der Waals surface area contributed by atoms with Gasteiger partial charge in [-0.2, -0.15) is 0 Å². The Bertz CT molecular complexity index is 621. The van der Waals surface area contributed by atoms with E-state index < -0.39 is 0 Å². The van der Waals surface area contributed by atoms with E-state index in [1.54, 1.807) is 13.2 Å². The number of hydrogen-bond donors (Lipinski definition) is 1. The summed E-state index contributed by atoms with van der Waals surface area (Å²) in [6, 6.07) is 9.97. The van der Waals surface area contributed by atoms with Gasteiger partial charge in [0.25, 0.3) is 0 Å². The van der Waals surface area contributed by atoms with Crippen molar-refractivity contribution in [1.29, 1.82) is 0 Å². The number of nitrogens with one attached hydrogen (secondary N) is 1. The van der Waals surface area contributed by atoms with Gasteiger partial charge in [-0.05, 0) is 71.6 Å². The Labute approximate surface area is 136 Å². The Morgan fingerprint density at radius 1 is 1.20 bits per heavy atom. The summed E-state index contributed by atoms with van der Waals surface area (Å²) in [5.74, 6) is 0.347. The number of ether oxygens (including phenoxy) is 1. The highest BCUT2D eigenvalue weighted by Crippen LogP contribution is 2.33. The van der Waals surface area contributed by atoms with Crippen molar-refractivity contribution in [2.45, 2.75) is 6.04 Å². The zero-order valence-corrected chi connectivity index (χ0v) is 14.0. The van der Waals surface area contributed by atoms with E-state index in [1.807, 2.05) is 25.2 Å². The van der Waals surface area contributed by atoms with Crippen LogP contribution in [0.2, 0.25) is 5.02 Å². The number of benzene rings is 2. The molecule has 0 saturated carbocycles. The second kappa shape index (κ2) is 6.74. The minimum Gasteiger partial charge on any atom is -0.496 e. The van der Waals surface area contributed by atoms with E-state index in [0.29, 0.717) is 10.8 Å². The molecular formula is C15H14ClFINO. The Morgan fingerprint density at radius 3 is 2.60 bits per heavy atom. The topological polar surface area (TPSA) is 21.3 Å². The molecule has 106 valence electrons. The maximum atomic E-state index is 13.6. The first kappa shape index (κ1) is 15.5. The molecule has 0 heterocycles. The lowest BCUT2D eigenvalue weighted by atomic mass is 9.98. The minimum atomic E-state index is -0.293. The molecule has 0 radical (unpaired) electrons. The molecule has 2 nitrogen and oxygen atoms in total. The standard InChI is InChI=1S/C15H14ClFINO/c1-19-15(11-7-9(16)3-5-13(11)18)12-8-10(17)4-6-14(12)20-2/h3-8,15,19H,1-2H3. The van der Waals surface area contributed by atoms with Gasteiger partial charge in [0.2, 0.25) is 0 Å². The fraction of sp³-hybridized carbons (Fsp3) is 0.200. The molecule has 0 amide bonds. The predicted octanol–water partition coefficient (Wildman–Crippen LogP) is 4.40. The molecule has 0 bridgehead atoms. The van der Waals surface area contributed by atoms with Gasteiger partial charge < -0.3 is 10.1 Å². The maximum absolute atomic E-state index is 13.6. The largest absolute Gasteiger partial charge is 0.496 e. The summed E-state index contributed by atoms with van der Waals surface area (Å²) in [5.41, 5.74) is 1.74. The number of methoxy groups -OCH3 is 1. The van der Waals surface area contributed by atoms with Crippen molar-refractivity contribution in [2.75, 3.05) is 14.2 Å². The van der Waals surface area contributed by atoms with Crippen LogP contribution < -0.4 is 10.1 Å². The van der Waals surface area contributed by atoms with Crippen LogP contribution in [0, 0.1) is 9.39 Å². The molecular weight excluding hydrogens is 392 g/mol. The Hall–Kier alpha value is -0.850. The van der Waals surface area contributed by atoms with Crippen LogP contribution in [0.1, 0.15) is 17.2 Å². The SMILES string of the molecule is CNC(c1cc(Cl)ccc1I)c1cc(F)ccc1OC. The van der Waals surface area contributed by atoms with Gasteiger partial charge in [0.05, 0.1) is 13.2 Å². The molecule has 0 aromatic heterocycles. The van der Waals surface area contributed by atoms with E-state index in [0.717, 1.165) is 14.7 Å². The number of hydrogen-bond acceptors (Lipinski definition) is 2. The van der Waals surface area contributed by atoms with E-state index in [1.165, 1.54) is 12.1 Å². The van der Waals surface area contributed by atoms with E-state index >= 15 is 0 Å². The van der Waals surface area contributed by atoms with Gasteiger partial charge in [0.1, 0.15) is 11.6 Å². The van der Waals surface area contributed by atoms with Crippen LogP contribution in [0.5, 0.6) is 5.75 Å². The zero-order valence-electron chi connectivity index (χ0n) is 11.1. The molecule has 1 N–H and O–H groups in total. The third kappa shape index (κ3) is 3.24. The highest BCUT2D eigenvalue weighted by molar-refractivity contribution is 14.1. The van der Waals surface area contributed by atoms with E-state index in [4.69, 9.17) is 16.3 Å². The highest BCUT2D eigenvalue weighted by Gasteiger charge is 2.20. The van der Waals surface area contributed by atoms with Gasteiger partial charge in [0, 0.05) is 14.2 Å². The smallest absolute Gasteiger partial charge is 0.124 e. The monoisotopic (exact) mass is 405 g/mol. The van der Waals surface area contributed by atoms with Crippen LogP contribution in [0.3, 0.4) is 0 Å². The molecule has 0 saturated heterocycles. The summed E-state index contributed by atoms with van der Waals surface area (Å²) in [6.07, 6.45) is 0. The summed E-state index contributed by atoms with van der Waals surface area (Å²) in [6.45, 7) is 0. The first-order valence-corrected chi connectivity index (χ1v) is 7.48. The average Bonchev–Trinajstić information content (AvgIpc) is 2.44. The van der Waals surface area contributed by atoms with E-state index in [9.17, 15) is 4.39 Å². The molecule has 0 aliphatic heterocycles. The third-order valence-electron chi connectivity index (χ3n) is 3.06. The van der Waals surface area contributed by atoms with Crippen LogP contribution in [0.15, 0.2) is 36.4 Å². The van der Waals surface area contributed by atoms with Crippen LogP contribution in [0.4, 0.5) is 4.39 Å². The summed E-state index contributed by atoms with van der Waals surface area (Å²) < 4.78 is 20.0. The van der Waals surface area contributed by atoms with Crippen LogP contribution >= 0.6 is 34.2 Å². The van der Waals surface area contributed by atoms with Crippen molar-refractivity contribution in [3.63, 3.8) is 0 Å². The molecule has 0 aliphatic carbocycles. The van der Waals surface area contributed by atoms with Gasteiger partial charge >= 0.3 is 0 Å². The highest BCUT2D eigenvalue weighted by atomic mass is 127. The molecule has 1 unspecified atom stereocenters. The van der Waals surface area contributed by atoms with Crippen LogP contribution in [-0.2, 0) is 0 Å². The normalized spacial score (nSPS) is 12.2. The fourth-order valence-corrected chi connectivity index (χ4v) is 2.97. The molecule has 0 aliphatic rings. The Balaban J connectivity index is 2.57. The molecule has 0 fully saturated rings. The molecule has 2 aromatic rings. The molecule has 1 atom stereocenters. The summed E-state index contributed by atoms with van der Waals surface area (Å²) >= 11 is 8.32. The van der Waals surface area contributed by atoms with Crippen molar-refractivity contribution in [3.8, 4) is 5.75 Å². The van der Waals surface area contributed by atoms with Gasteiger partial charge in [-0.15, -0.1) is 0 Å². The van der Waals surface area contributed by atoms with Gasteiger partial charge in [-0.3, -0.25) is 0 Å². The third-order valence-corrected chi connectivity index (χ3v) is 4.28. The second-order valence-corrected chi connectivity index (χ2v) is 5.87. The maximum Gasteiger partial charge on any atom is 0.124 e. The first-order chi connectivity index (χ1) is 9.56. The molecule has 0 spiro atoms. The minimum absolute atomic E-state index is 0.189. The summed E-state index contributed by atoms with van der Waals surface area (Å²) in [7, 11) is 3.40. The van der Waals surface area contributed by atoms with Crippen molar-refractivity contribution in [3.05, 3.63) is 61.9 Å². The van der Waals surface area contributed by atoms with E-state index in [2.05, 4.69) is 27.9 Å². The lowest BCUT2D eigenvalue weighted by Gasteiger charge is -2.21. The second-order valence-electron chi connectivity index (χ2n) is 4.27. The Morgan fingerprint density at radius 2 is 1.95 bits per heavy atom. The van der Waals surface area contributed by atoms with Crippen molar-refractivity contribution >= 4 is 34.2 Å².